The first-order valence-corrected chi connectivity index (χ1v) is 6.79. The third-order valence-electron chi connectivity index (χ3n) is 3.03. The van der Waals surface area contributed by atoms with Gasteiger partial charge in [-0.05, 0) is 31.7 Å². The fourth-order valence-corrected chi connectivity index (χ4v) is 1.87. The summed E-state index contributed by atoms with van der Waals surface area (Å²) in [6.45, 7) is 6.77. The number of carbonyl (C=O) groups excluding carboxylic acids is 1. The van der Waals surface area contributed by atoms with Gasteiger partial charge in [-0.3, -0.25) is 9.69 Å². The molecule has 1 aromatic carbocycles. The van der Waals surface area contributed by atoms with Gasteiger partial charge in [0, 0.05) is 13.2 Å². The smallest absolute Gasteiger partial charge is 0.180 e. The second-order valence-corrected chi connectivity index (χ2v) is 4.33. The van der Waals surface area contributed by atoms with Crippen LogP contribution in [0.3, 0.4) is 0 Å². The average Bonchev–Trinajstić information content (AvgIpc) is 2.46. The molecule has 0 aromatic heterocycles. The molecule has 0 aliphatic rings. The summed E-state index contributed by atoms with van der Waals surface area (Å²) in [4.78, 5) is 14.2. The van der Waals surface area contributed by atoms with Gasteiger partial charge in [-0.1, -0.05) is 6.92 Å². The Hall–Kier alpha value is -1.46. The maximum absolute atomic E-state index is 13.3. The minimum Gasteiger partial charge on any atom is -0.496 e. The normalized spacial score (nSPS) is 10.8. The van der Waals surface area contributed by atoms with Crippen molar-refractivity contribution < 1.29 is 18.7 Å². The van der Waals surface area contributed by atoms with Crippen LogP contribution in [-0.4, -0.2) is 50.6 Å². The number of hydrogen-bond donors (Lipinski definition) is 0. The van der Waals surface area contributed by atoms with Crippen molar-refractivity contribution >= 4 is 5.78 Å². The van der Waals surface area contributed by atoms with E-state index in [1.54, 1.807) is 0 Å². The van der Waals surface area contributed by atoms with Crippen molar-refractivity contribution in [3.8, 4) is 5.75 Å². The van der Waals surface area contributed by atoms with Gasteiger partial charge in [0.05, 0.1) is 25.8 Å². The molecule has 0 fully saturated rings. The predicted molar refractivity (Wildman–Crippen MR) is 75.9 cm³/mol. The summed E-state index contributed by atoms with van der Waals surface area (Å²) in [5.74, 6) is -0.191. The number of benzene rings is 1. The maximum Gasteiger partial charge on any atom is 0.180 e. The van der Waals surface area contributed by atoms with Crippen molar-refractivity contribution in [1.29, 1.82) is 0 Å². The van der Waals surface area contributed by atoms with Crippen LogP contribution >= 0.6 is 0 Å². The van der Waals surface area contributed by atoms with E-state index >= 15 is 0 Å². The van der Waals surface area contributed by atoms with Gasteiger partial charge in [0.2, 0.25) is 0 Å². The number of Topliss-reactive ketones (excluding diaryl/α,β-unsaturated/α-hetero) is 1. The van der Waals surface area contributed by atoms with Crippen molar-refractivity contribution in [3.05, 3.63) is 29.6 Å². The number of hydrogen-bond acceptors (Lipinski definition) is 4. The third kappa shape index (κ3) is 4.90. The Morgan fingerprint density at radius 3 is 2.70 bits per heavy atom. The molecule has 0 radical (unpaired) electrons. The van der Waals surface area contributed by atoms with Gasteiger partial charge in [0.15, 0.2) is 5.78 Å². The van der Waals surface area contributed by atoms with Crippen LogP contribution in [0.25, 0.3) is 0 Å². The zero-order valence-electron chi connectivity index (χ0n) is 12.3. The fourth-order valence-electron chi connectivity index (χ4n) is 1.87. The van der Waals surface area contributed by atoms with Crippen molar-refractivity contribution in [3.63, 3.8) is 0 Å². The van der Waals surface area contributed by atoms with Gasteiger partial charge >= 0.3 is 0 Å². The van der Waals surface area contributed by atoms with Crippen LogP contribution in [0.5, 0.6) is 5.75 Å². The highest BCUT2D eigenvalue weighted by atomic mass is 19.1. The number of ether oxygens (including phenoxy) is 2. The fraction of sp³-hybridized carbons (Fsp3) is 0.533. The van der Waals surface area contributed by atoms with Gasteiger partial charge in [0.25, 0.3) is 0 Å². The van der Waals surface area contributed by atoms with E-state index in [9.17, 15) is 9.18 Å². The van der Waals surface area contributed by atoms with Gasteiger partial charge in [-0.2, -0.15) is 0 Å². The molecule has 0 N–H and O–H groups in total. The number of nitrogens with zero attached hydrogens (tertiary/aromatic N) is 1. The summed E-state index contributed by atoms with van der Waals surface area (Å²) >= 11 is 0. The summed E-state index contributed by atoms with van der Waals surface area (Å²) in [5, 5.41) is 0. The first kappa shape index (κ1) is 16.6. The van der Waals surface area contributed by atoms with Crippen molar-refractivity contribution in [2.24, 2.45) is 0 Å². The Morgan fingerprint density at radius 2 is 2.10 bits per heavy atom. The van der Waals surface area contributed by atoms with Crippen molar-refractivity contribution in [2.45, 2.75) is 13.8 Å². The molecule has 5 heteroatoms. The lowest BCUT2D eigenvalue weighted by Crippen LogP contribution is -2.33. The molecule has 20 heavy (non-hydrogen) atoms. The number of likely N-dealkylation sites (N-methyl/N-ethyl adjacent to an activating group) is 1. The summed E-state index contributed by atoms with van der Waals surface area (Å²) in [6.07, 6.45) is 0. The summed E-state index contributed by atoms with van der Waals surface area (Å²) in [6, 6.07) is 3.97. The van der Waals surface area contributed by atoms with Crippen LogP contribution in [0.4, 0.5) is 4.39 Å². The van der Waals surface area contributed by atoms with Gasteiger partial charge in [-0.25, -0.2) is 4.39 Å². The molecule has 0 aliphatic carbocycles. The zero-order chi connectivity index (χ0) is 15.0. The Morgan fingerprint density at radius 1 is 1.35 bits per heavy atom. The minimum atomic E-state index is -0.438. The Bertz CT molecular complexity index is 437. The molecule has 1 aromatic rings. The lowest BCUT2D eigenvalue weighted by atomic mass is 10.1. The van der Waals surface area contributed by atoms with Crippen molar-refractivity contribution in [1.82, 2.24) is 4.90 Å². The van der Waals surface area contributed by atoms with Gasteiger partial charge < -0.3 is 9.47 Å². The van der Waals surface area contributed by atoms with Crippen LogP contribution < -0.4 is 4.74 Å². The van der Waals surface area contributed by atoms with Crippen molar-refractivity contribution in [2.75, 3.05) is 40.0 Å². The molecule has 0 heterocycles. The number of carbonyl (C=O) groups is 1. The molecule has 0 bridgehead atoms. The van der Waals surface area contributed by atoms with E-state index in [4.69, 9.17) is 9.47 Å². The Labute approximate surface area is 119 Å². The van der Waals surface area contributed by atoms with E-state index in [-0.39, 0.29) is 17.9 Å². The standard InChI is InChI=1S/C15H22FNO3/c1-4-17(8-9-20-5-2)11-14(18)13-10-12(16)6-7-15(13)19-3/h6-7,10H,4-5,8-9,11H2,1-3H3. The first-order chi connectivity index (χ1) is 9.62. The van der Waals surface area contributed by atoms with Crippen LogP contribution in [0, 0.1) is 5.82 Å². The molecule has 4 nitrogen and oxygen atoms in total. The quantitative estimate of drug-likeness (QED) is 0.515. The Balaban J connectivity index is 2.71. The first-order valence-electron chi connectivity index (χ1n) is 6.79. The van der Waals surface area contributed by atoms with Gasteiger partial charge in [0.1, 0.15) is 11.6 Å². The zero-order valence-corrected chi connectivity index (χ0v) is 12.3. The van der Waals surface area contributed by atoms with E-state index in [1.165, 1.54) is 25.3 Å². The van der Waals surface area contributed by atoms with E-state index in [2.05, 4.69) is 0 Å². The molecule has 0 amide bonds. The maximum atomic E-state index is 13.3. The molecule has 0 unspecified atom stereocenters. The predicted octanol–water partition coefficient (Wildman–Crippen LogP) is 2.38. The Kier molecular flexibility index (Phi) is 7.18. The molecule has 1 rings (SSSR count). The molecule has 0 aliphatic heterocycles. The topological polar surface area (TPSA) is 38.8 Å². The highest BCUT2D eigenvalue weighted by molar-refractivity contribution is 6.00. The molecular weight excluding hydrogens is 261 g/mol. The number of methoxy groups -OCH3 is 1. The average molecular weight is 283 g/mol. The lowest BCUT2D eigenvalue weighted by Gasteiger charge is -2.19. The van der Waals surface area contributed by atoms with Crippen LogP contribution in [0.1, 0.15) is 24.2 Å². The molecule has 0 spiro atoms. The second-order valence-electron chi connectivity index (χ2n) is 4.33. The molecule has 0 saturated carbocycles. The molecule has 0 atom stereocenters. The van der Waals surface area contributed by atoms with E-state index in [0.717, 1.165) is 6.54 Å². The highest BCUT2D eigenvalue weighted by Crippen LogP contribution is 2.20. The van der Waals surface area contributed by atoms with Crippen LogP contribution in [0.2, 0.25) is 0 Å². The highest BCUT2D eigenvalue weighted by Gasteiger charge is 2.16. The molecule has 0 saturated heterocycles. The van der Waals surface area contributed by atoms with Crippen LogP contribution in [0.15, 0.2) is 18.2 Å². The third-order valence-corrected chi connectivity index (χ3v) is 3.03. The number of halogens is 1. The molecule has 112 valence electrons. The number of rotatable bonds is 9. The summed E-state index contributed by atoms with van der Waals surface area (Å²) < 4.78 is 23.7. The largest absolute Gasteiger partial charge is 0.496 e. The van der Waals surface area contributed by atoms with E-state index in [0.29, 0.717) is 25.5 Å². The van der Waals surface area contributed by atoms with Gasteiger partial charge in [-0.15, -0.1) is 0 Å². The minimum absolute atomic E-state index is 0.153. The van der Waals surface area contributed by atoms with E-state index in [1.807, 2.05) is 18.7 Å². The lowest BCUT2D eigenvalue weighted by molar-refractivity contribution is 0.0864. The monoisotopic (exact) mass is 283 g/mol. The second kappa shape index (κ2) is 8.66. The molecular formula is C15H22FNO3. The summed E-state index contributed by atoms with van der Waals surface area (Å²) in [7, 11) is 1.47. The number of ketones is 1. The summed E-state index contributed by atoms with van der Waals surface area (Å²) in [5.41, 5.74) is 0.280. The SMILES string of the molecule is CCOCCN(CC)CC(=O)c1cc(F)ccc1OC. The van der Waals surface area contributed by atoms with E-state index < -0.39 is 5.82 Å². The van der Waals surface area contributed by atoms with Crippen LogP contribution in [-0.2, 0) is 4.74 Å².